The van der Waals surface area contributed by atoms with E-state index in [4.69, 9.17) is 0 Å². The summed E-state index contributed by atoms with van der Waals surface area (Å²) in [5, 5.41) is 0. The fourth-order valence-electron chi connectivity index (χ4n) is 0. The van der Waals surface area contributed by atoms with Gasteiger partial charge in [-0.15, -0.1) is 0 Å². The molecule has 0 aliphatic rings. The summed E-state index contributed by atoms with van der Waals surface area (Å²) in [5.74, 6) is 0. The summed E-state index contributed by atoms with van der Waals surface area (Å²) in [6.07, 6.45) is 0. The minimum Gasteiger partial charge on any atom is -1.00 e. The Balaban J connectivity index is -0.0000000800. The Labute approximate surface area is 50.0 Å². The summed E-state index contributed by atoms with van der Waals surface area (Å²) >= 11 is -6.88. The molecule has 0 amide bonds. The van der Waals surface area contributed by atoms with Gasteiger partial charge in [-0.25, -0.2) is 0 Å². The zero-order valence-corrected chi connectivity index (χ0v) is 4.84. The molecule has 0 heterocycles. The molecule has 0 nitrogen and oxygen atoms in total. The average molecular weight is 159 g/mol. The first-order valence-corrected chi connectivity index (χ1v) is 3.51. The maximum Gasteiger partial charge on any atom is 1.00 e. The van der Waals surface area contributed by atoms with Gasteiger partial charge in [0.15, 0.2) is 0 Å². The molecule has 1 radical (unpaired) electrons. The van der Waals surface area contributed by atoms with E-state index >= 15 is 0 Å². The van der Waals surface area contributed by atoms with Crippen molar-refractivity contribution in [2.24, 2.45) is 0 Å². The Morgan fingerprint density at radius 3 is 1.00 bits per heavy atom. The molecule has 0 rings (SSSR count). The summed E-state index contributed by atoms with van der Waals surface area (Å²) in [6.45, 7) is 0. The standard InChI is InChI=1S/AsF4.Li.H/c2-1(3,4)5;;/q;+1;-1. The van der Waals surface area contributed by atoms with Crippen molar-refractivity contribution in [2.45, 2.75) is 0 Å². The third-order valence-corrected chi connectivity index (χ3v) is 0. The van der Waals surface area contributed by atoms with Crippen LogP contribution >= 0.6 is 0 Å². The van der Waals surface area contributed by atoms with E-state index in [1.807, 2.05) is 0 Å². The van der Waals surface area contributed by atoms with Crippen molar-refractivity contribution in [1.82, 2.24) is 0 Å². The van der Waals surface area contributed by atoms with Crippen LogP contribution in [-0.4, -0.2) is 15.4 Å². The molecule has 0 fully saturated rings. The van der Waals surface area contributed by atoms with Crippen LogP contribution in [0.3, 0.4) is 0 Å². The number of halogens is 4. The molecule has 0 bridgehead atoms. The maximum atomic E-state index is 9.86. The van der Waals surface area contributed by atoms with Crippen molar-refractivity contribution in [2.75, 3.05) is 0 Å². The van der Waals surface area contributed by atoms with Crippen molar-refractivity contribution < 1.29 is 34.2 Å². The average Bonchev–Trinajstić information content (AvgIpc) is 0.722. The summed E-state index contributed by atoms with van der Waals surface area (Å²) in [7, 11) is 0. The van der Waals surface area contributed by atoms with Crippen LogP contribution in [0.4, 0.5) is 13.9 Å². The first-order chi connectivity index (χ1) is 2.00. The van der Waals surface area contributed by atoms with Crippen molar-refractivity contribution in [3.63, 3.8) is 0 Å². The van der Waals surface area contributed by atoms with E-state index in [-0.39, 0.29) is 20.3 Å². The molecule has 0 atom stereocenters. The first kappa shape index (κ1) is 9.99. The Kier molecular flexibility index (Phi) is 4.92. The summed E-state index contributed by atoms with van der Waals surface area (Å²) in [5.41, 5.74) is 0. The molecule has 0 aliphatic heterocycles. The molecule has 0 aromatic heterocycles. The van der Waals surface area contributed by atoms with E-state index in [1.54, 1.807) is 0 Å². The van der Waals surface area contributed by atoms with E-state index in [0.29, 0.717) is 0 Å². The minimum absolute atomic E-state index is 0. The zero-order chi connectivity index (χ0) is 4.50. The van der Waals surface area contributed by atoms with E-state index in [2.05, 4.69) is 0 Å². The molecule has 35 valence electrons. The van der Waals surface area contributed by atoms with E-state index < -0.39 is 15.4 Å². The normalized spacial score (nSPS) is 10.0. The second kappa shape index (κ2) is 2.95. The van der Waals surface area contributed by atoms with Crippen molar-refractivity contribution in [3.05, 3.63) is 0 Å². The molecule has 0 unspecified atom stereocenters. The van der Waals surface area contributed by atoms with E-state index in [1.165, 1.54) is 0 Å². The molecule has 6 heavy (non-hydrogen) atoms. The van der Waals surface area contributed by atoms with Gasteiger partial charge in [0, 0.05) is 0 Å². The third kappa shape index (κ3) is 95.5. The van der Waals surface area contributed by atoms with Crippen LogP contribution < -0.4 is 18.9 Å². The van der Waals surface area contributed by atoms with Crippen LogP contribution in [0.1, 0.15) is 1.43 Å². The molecule has 0 spiro atoms. The molecule has 0 aliphatic carbocycles. The van der Waals surface area contributed by atoms with Crippen LogP contribution in [0.15, 0.2) is 0 Å². The summed E-state index contributed by atoms with van der Waals surface area (Å²) in [4.78, 5) is 0. The molecule has 0 saturated carbocycles. The molecule has 0 aromatic rings. The van der Waals surface area contributed by atoms with Gasteiger partial charge in [-0.3, -0.25) is 0 Å². The second-order valence-corrected chi connectivity index (χ2v) is 1.99. The van der Waals surface area contributed by atoms with E-state index in [0.717, 1.165) is 0 Å². The monoisotopic (exact) mass is 159 g/mol. The minimum atomic E-state index is -6.88. The Bertz CT molecular complexity index is 27.2. The van der Waals surface area contributed by atoms with E-state index in [9.17, 15) is 13.9 Å². The number of hydrogen-bond donors (Lipinski definition) is 0. The third-order valence-electron chi connectivity index (χ3n) is 0. The summed E-state index contributed by atoms with van der Waals surface area (Å²) < 4.78 is 39.4. The van der Waals surface area contributed by atoms with Gasteiger partial charge in [0.1, 0.15) is 0 Å². The van der Waals surface area contributed by atoms with Gasteiger partial charge in [0.25, 0.3) is 0 Å². The Morgan fingerprint density at radius 1 is 1.00 bits per heavy atom. The fourth-order valence-corrected chi connectivity index (χ4v) is 0. The van der Waals surface area contributed by atoms with Crippen molar-refractivity contribution in [1.29, 1.82) is 0 Å². The molecular weight excluding hydrogens is 158 g/mol. The van der Waals surface area contributed by atoms with Crippen LogP contribution in [0.5, 0.6) is 0 Å². The SMILES string of the molecule is F[As](F)(F)F.[H-].[Li+]. The van der Waals surface area contributed by atoms with Gasteiger partial charge >= 0.3 is 48.2 Å². The van der Waals surface area contributed by atoms with Gasteiger partial charge in [-0.2, -0.15) is 0 Å². The predicted octanol–water partition coefficient (Wildman–Crippen LogP) is -1.58. The molecule has 0 N–H and O–H groups in total. The summed E-state index contributed by atoms with van der Waals surface area (Å²) in [6, 6.07) is 0. The second-order valence-electron chi connectivity index (χ2n) is 0.383. The van der Waals surface area contributed by atoms with Crippen LogP contribution in [0, 0.1) is 0 Å². The molecule has 6 heteroatoms. The number of hydrogen-bond acceptors (Lipinski definition) is 0. The first-order valence-electron chi connectivity index (χ1n) is 0.676. The maximum absolute atomic E-state index is 9.86. The van der Waals surface area contributed by atoms with Crippen LogP contribution in [0.25, 0.3) is 0 Å². The van der Waals surface area contributed by atoms with Crippen LogP contribution in [-0.2, 0) is 0 Å². The predicted molar refractivity (Wildman–Crippen MR) is 11.3 cm³/mol. The Morgan fingerprint density at radius 2 is 1.00 bits per heavy atom. The quantitative estimate of drug-likeness (QED) is 0.295. The van der Waals surface area contributed by atoms with Gasteiger partial charge in [0.05, 0.1) is 0 Å². The van der Waals surface area contributed by atoms with Gasteiger partial charge in [-0.1, -0.05) is 0 Å². The van der Waals surface area contributed by atoms with Gasteiger partial charge in [0.2, 0.25) is 0 Å². The fraction of sp³-hybridized carbons (Fsp3) is 0. The van der Waals surface area contributed by atoms with Gasteiger partial charge in [-0.05, 0) is 0 Å². The molecule has 0 saturated heterocycles. The zero-order valence-electron chi connectivity index (χ0n) is 3.96. The smallest absolute Gasteiger partial charge is 1.00 e. The van der Waals surface area contributed by atoms with Crippen molar-refractivity contribution >= 4 is 15.4 Å². The molecular formula is HAsF4Li. The molecule has 0 aromatic carbocycles. The van der Waals surface area contributed by atoms with Crippen molar-refractivity contribution in [3.8, 4) is 0 Å². The Hall–Kier alpha value is 0.876. The largest absolute Gasteiger partial charge is 1.00 e. The van der Waals surface area contributed by atoms with Gasteiger partial charge < -0.3 is 1.43 Å². The topological polar surface area (TPSA) is 0 Å². The number of rotatable bonds is 0. The van der Waals surface area contributed by atoms with Crippen LogP contribution in [0.2, 0.25) is 0 Å².